The largest absolute Gasteiger partial charge is 0.497 e. The van der Waals surface area contributed by atoms with Crippen LogP contribution in [0.1, 0.15) is 24.5 Å². The minimum atomic E-state index is -0.425. The van der Waals surface area contributed by atoms with E-state index in [9.17, 15) is 9.90 Å². The first-order chi connectivity index (χ1) is 12.7. The molecule has 0 aromatic heterocycles. The summed E-state index contributed by atoms with van der Waals surface area (Å²) in [5.41, 5.74) is 1.74. The highest BCUT2D eigenvalue weighted by Gasteiger charge is 2.26. The Kier molecular flexibility index (Phi) is 6.26. The van der Waals surface area contributed by atoms with Gasteiger partial charge in [0.2, 0.25) is 5.91 Å². The normalized spacial score (nSPS) is 16.8. The SMILES string of the molecule is COc1ccc(NC(=O)CN2CCC(C(O)c3ccccc3)CC2)cc1. The highest BCUT2D eigenvalue weighted by molar-refractivity contribution is 5.92. The second-order valence-electron chi connectivity index (χ2n) is 6.75. The molecule has 0 bridgehead atoms. The number of benzene rings is 2. The predicted octanol–water partition coefficient (Wildman–Crippen LogP) is 3.08. The maximum Gasteiger partial charge on any atom is 0.238 e. The van der Waals surface area contributed by atoms with Gasteiger partial charge in [-0.05, 0) is 61.7 Å². The van der Waals surface area contributed by atoms with E-state index in [2.05, 4.69) is 10.2 Å². The van der Waals surface area contributed by atoms with Crippen LogP contribution in [0.25, 0.3) is 0 Å². The lowest BCUT2D eigenvalue weighted by molar-refractivity contribution is -0.117. The third kappa shape index (κ3) is 4.84. The van der Waals surface area contributed by atoms with E-state index in [1.165, 1.54) is 0 Å². The molecule has 1 saturated heterocycles. The van der Waals surface area contributed by atoms with Gasteiger partial charge in [-0.3, -0.25) is 9.69 Å². The maximum atomic E-state index is 12.2. The number of anilines is 1. The van der Waals surface area contributed by atoms with Gasteiger partial charge in [-0.15, -0.1) is 0 Å². The van der Waals surface area contributed by atoms with Crippen molar-refractivity contribution in [2.24, 2.45) is 5.92 Å². The Hall–Kier alpha value is -2.37. The molecular formula is C21H26N2O3. The lowest BCUT2D eigenvalue weighted by Crippen LogP contribution is -2.40. The summed E-state index contributed by atoms with van der Waals surface area (Å²) in [4.78, 5) is 14.4. The van der Waals surface area contributed by atoms with Crippen LogP contribution < -0.4 is 10.1 Å². The summed E-state index contributed by atoms with van der Waals surface area (Å²) in [6.45, 7) is 2.02. The quantitative estimate of drug-likeness (QED) is 0.837. The van der Waals surface area contributed by atoms with Crippen molar-refractivity contribution in [2.45, 2.75) is 18.9 Å². The smallest absolute Gasteiger partial charge is 0.238 e. The molecule has 0 aliphatic carbocycles. The molecule has 2 N–H and O–H groups in total. The summed E-state index contributed by atoms with van der Waals surface area (Å²) < 4.78 is 5.12. The van der Waals surface area contributed by atoms with Gasteiger partial charge in [0.15, 0.2) is 0 Å². The summed E-state index contributed by atoms with van der Waals surface area (Å²) in [7, 11) is 1.62. The molecule has 5 heteroatoms. The molecule has 1 aliphatic rings. The lowest BCUT2D eigenvalue weighted by Gasteiger charge is -2.34. The van der Waals surface area contributed by atoms with Crippen molar-refractivity contribution in [3.8, 4) is 5.75 Å². The Bertz CT molecular complexity index is 695. The molecule has 5 nitrogen and oxygen atoms in total. The number of aliphatic hydroxyl groups is 1. The van der Waals surface area contributed by atoms with Crippen LogP contribution >= 0.6 is 0 Å². The monoisotopic (exact) mass is 354 g/mol. The van der Waals surface area contributed by atoms with Gasteiger partial charge in [0, 0.05) is 5.69 Å². The van der Waals surface area contributed by atoms with Gasteiger partial charge in [-0.25, -0.2) is 0 Å². The van der Waals surface area contributed by atoms with Gasteiger partial charge < -0.3 is 15.2 Å². The van der Waals surface area contributed by atoms with Crippen LogP contribution in [-0.2, 0) is 4.79 Å². The van der Waals surface area contributed by atoms with Crippen LogP contribution in [0.4, 0.5) is 5.69 Å². The highest BCUT2D eigenvalue weighted by Crippen LogP contribution is 2.30. The molecule has 2 aromatic carbocycles. The van der Waals surface area contributed by atoms with E-state index < -0.39 is 6.10 Å². The molecule has 0 spiro atoms. The lowest BCUT2D eigenvalue weighted by atomic mass is 9.87. The number of likely N-dealkylation sites (tertiary alicyclic amines) is 1. The minimum absolute atomic E-state index is 0.0165. The first-order valence-corrected chi connectivity index (χ1v) is 9.05. The third-order valence-corrected chi connectivity index (χ3v) is 4.96. The van der Waals surface area contributed by atoms with E-state index in [-0.39, 0.29) is 11.8 Å². The predicted molar refractivity (Wildman–Crippen MR) is 102 cm³/mol. The number of nitrogens with zero attached hydrogens (tertiary/aromatic N) is 1. The zero-order chi connectivity index (χ0) is 18.4. The first-order valence-electron chi connectivity index (χ1n) is 9.05. The van der Waals surface area contributed by atoms with Crippen LogP contribution in [0.3, 0.4) is 0 Å². The molecule has 1 amide bonds. The molecule has 2 aromatic rings. The van der Waals surface area contributed by atoms with E-state index in [0.717, 1.165) is 42.9 Å². The standard InChI is InChI=1S/C21H26N2O3/c1-26-19-9-7-18(8-10-19)22-20(24)15-23-13-11-17(12-14-23)21(25)16-5-3-2-4-6-16/h2-10,17,21,25H,11-15H2,1H3,(H,22,24). The van der Waals surface area contributed by atoms with Crippen molar-refractivity contribution >= 4 is 11.6 Å². The van der Waals surface area contributed by atoms with Crippen molar-refractivity contribution in [3.63, 3.8) is 0 Å². The van der Waals surface area contributed by atoms with E-state index >= 15 is 0 Å². The number of carbonyl (C=O) groups is 1. The third-order valence-electron chi connectivity index (χ3n) is 4.96. The van der Waals surface area contributed by atoms with Crippen molar-refractivity contribution in [2.75, 3.05) is 32.1 Å². The number of carbonyl (C=O) groups excluding carboxylic acids is 1. The van der Waals surface area contributed by atoms with Gasteiger partial charge >= 0.3 is 0 Å². The van der Waals surface area contributed by atoms with Crippen molar-refractivity contribution in [1.29, 1.82) is 0 Å². The maximum absolute atomic E-state index is 12.2. The van der Waals surface area contributed by atoms with Gasteiger partial charge in [-0.1, -0.05) is 30.3 Å². The molecule has 1 unspecified atom stereocenters. The van der Waals surface area contributed by atoms with Gasteiger partial charge in [-0.2, -0.15) is 0 Å². The fourth-order valence-electron chi connectivity index (χ4n) is 3.43. The van der Waals surface area contributed by atoms with Crippen molar-refractivity contribution < 1.29 is 14.6 Å². The number of ether oxygens (including phenoxy) is 1. The molecular weight excluding hydrogens is 328 g/mol. The zero-order valence-electron chi connectivity index (χ0n) is 15.1. The Labute approximate surface area is 154 Å². The molecule has 3 rings (SSSR count). The van der Waals surface area contributed by atoms with E-state index in [1.807, 2.05) is 54.6 Å². The molecule has 1 fully saturated rings. The topological polar surface area (TPSA) is 61.8 Å². The van der Waals surface area contributed by atoms with E-state index in [1.54, 1.807) is 7.11 Å². The van der Waals surface area contributed by atoms with E-state index in [0.29, 0.717) is 6.54 Å². The Morgan fingerprint density at radius 3 is 2.42 bits per heavy atom. The number of piperidine rings is 1. The van der Waals surface area contributed by atoms with Crippen molar-refractivity contribution in [1.82, 2.24) is 4.90 Å². The molecule has 1 atom stereocenters. The Morgan fingerprint density at radius 2 is 1.81 bits per heavy atom. The van der Waals surface area contributed by atoms with Crippen LogP contribution in [-0.4, -0.2) is 42.7 Å². The van der Waals surface area contributed by atoms with Crippen LogP contribution in [0.2, 0.25) is 0 Å². The van der Waals surface area contributed by atoms with Gasteiger partial charge in [0.1, 0.15) is 5.75 Å². The summed E-state index contributed by atoms with van der Waals surface area (Å²) in [6, 6.07) is 17.1. The summed E-state index contributed by atoms with van der Waals surface area (Å²) >= 11 is 0. The number of nitrogens with one attached hydrogen (secondary N) is 1. The number of hydrogen-bond acceptors (Lipinski definition) is 4. The fraction of sp³-hybridized carbons (Fsp3) is 0.381. The van der Waals surface area contributed by atoms with Crippen LogP contribution in [0, 0.1) is 5.92 Å². The molecule has 0 saturated carbocycles. The van der Waals surface area contributed by atoms with Crippen molar-refractivity contribution in [3.05, 3.63) is 60.2 Å². The molecule has 0 radical (unpaired) electrons. The second kappa shape index (κ2) is 8.83. The molecule has 138 valence electrons. The summed E-state index contributed by atoms with van der Waals surface area (Å²) in [5, 5.41) is 13.5. The second-order valence-corrected chi connectivity index (χ2v) is 6.75. The average molecular weight is 354 g/mol. The van der Waals surface area contributed by atoms with Crippen LogP contribution in [0.15, 0.2) is 54.6 Å². The summed E-state index contributed by atoms with van der Waals surface area (Å²) in [6.07, 6.45) is 1.36. The number of amides is 1. The summed E-state index contributed by atoms with van der Waals surface area (Å²) in [5.74, 6) is 0.998. The van der Waals surface area contributed by atoms with E-state index in [4.69, 9.17) is 4.74 Å². The fourth-order valence-corrected chi connectivity index (χ4v) is 3.43. The number of aliphatic hydroxyl groups excluding tert-OH is 1. The number of rotatable bonds is 6. The Morgan fingerprint density at radius 1 is 1.15 bits per heavy atom. The number of hydrogen-bond donors (Lipinski definition) is 2. The molecule has 1 aliphatic heterocycles. The van der Waals surface area contributed by atoms with Gasteiger partial charge in [0.05, 0.1) is 19.8 Å². The van der Waals surface area contributed by atoms with Crippen LogP contribution in [0.5, 0.6) is 5.75 Å². The molecule has 26 heavy (non-hydrogen) atoms. The zero-order valence-corrected chi connectivity index (χ0v) is 15.1. The Balaban J connectivity index is 1.45. The average Bonchev–Trinajstić information content (AvgIpc) is 2.69. The highest BCUT2D eigenvalue weighted by atomic mass is 16.5. The minimum Gasteiger partial charge on any atom is -0.497 e. The molecule has 1 heterocycles. The number of methoxy groups -OCH3 is 1. The first kappa shape index (κ1) is 18.4. The van der Waals surface area contributed by atoms with Gasteiger partial charge in [0.25, 0.3) is 0 Å².